The van der Waals surface area contributed by atoms with Crippen molar-refractivity contribution in [1.29, 1.82) is 5.26 Å². The van der Waals surface area contributed by atoms with Crippen LogP contribution in [0.4, 0.5) is 0 Å². The highest BCUT2D eigenvalue weighted by Crippen LogP contribution is 2.09. The topological polar surface area (TPSA) is 73.2 Å². The summed E-state index contributed by atoms with van der Waals surface area (Å²) in [5.41, 5.74) is 1.19. The van der Waals surface area contributed by atoms with Gasteiger partial charge in [-0.25, -0.2) is 0 Å². The molecule has 1 N–H and O–H groups in total. The molecule has 0 fully saturated rings. The van der Waals surface area contributed by atoms with Crippen LogP contribution in [-0.2, 0) is 16.0 Å². The minimum atomic E-state index is -0.635. The van der Waals surface area contributed by atoms with Gasteiger partial charge in [0.25, 0.3) is 5.91 Å². The molecule has 5 nitrogen and oxygen atoms in total. The average molecular weight is 315 g/mol. The number of likely N-dealkylation sites (N-methyl/N-ethyl adjacent to an activating group) is 1. The van der Waals surface area contributed by atoms with E-state index < -0.39 is 6.04 Å². The number of benzene rings is 1. The number of carbonyl (C=O) groups is 2. The van der Waals surface area contributed by atoms with Gasteiger partial charge in [0.15, 0.2) is 6.19 Å². The van der Waals surface area contributed by atoms with Gasteiger partial charge in [-0.2, -0.15) is 5.26 Å². The quantitative estimate of drug-likeness (QED) is 0.591. The van der Waals surface area contributed by atoms with E-state index in [2.05, 4.69) is 5.32 Å². The predicted octanol–water partition coefficient (Wildman–Crippen LogP) is 2.48. The van der Waals surface area contributed by atoms with Gasteiger partial charge < -0.3 is 5.32 Å². The van der Waals surface area contributed by atoms with Crippen molar-refractivity contribution in [3.8, 4) is 6.19 Å². The number of carbonyl (C=O) groups excluding carboxylic acids is 2. The van der Waals surface area contributed by atoms with Crippen molar-refractivity contribution in [2.75, 3.05) is 7.05 Å². The zero-order valence-electron chi connectivity index (χ0n) is 14.1. The van der Waals surface area contributed by atoms with Crippen LogP contribution in [0.1, 0.15) is 38.7 Å². The molecular formula is C18H25N3O2. The molecule has 0 bridgehead atoms. The summed E-state index contributed by atoms with van der Waals surface area (Å²) in [6.45, 7) is 3.96. The molecule has 0 unspecified atom stereocenters. The first-order valence-corrected chi connectivity index (χ1v) is 7.94. The lowest BCUT2D eigenvalue weighted by Gasteiger charge is -2.21. The van der Waals surface area contributed by atoms with Gasteiger partial charge in [-0.3, -0.25) is 14.5 Å². The minimum absolute atomic E-state index is 0.147. The number of nitriles is 1. The van der Waals surface area contributed by atoms with Crippen LogP contribution in [-0.4, -0.2) is 29.8 Å². The Morgan fingerprint density at radius 1 is 1.26 bits per heavy atom. The molecule has 0 aliphatic heterocycles. The van der Waals surface area contributed by atoms with E-state index in [1.54, 1.807) is 6.19 Å². The van der Waals surface area contributed by atoms with Crippen molar-refractivity contribution in [1.82, 2.24) is 10.2 Å². The normalized spacial score (nSPS) is 11.6. The van der Waals surface area contributed by atoms with E-state index in [0.29, 0.717) is 12.8 Å². The van der Waals surface area contributed by atoms with Gasteiger partial charge in [0.2, 0.25) is 5.91 Å². The molecule has 0 aliphatic carbocycles. The summed E-state index contributed by atoms with van der Waals surface area (Å²) in [5, 5.41) is 11.6. The first kappa shape index (κ1) is 18.7. The van der Waals surface area contributed by atoms with E-state index in [0.717, 1.165) is 17.7 Å². The Labute approximate surface area is 138 Å². The smallest absolute Gasteiger partial charge is 0.257 e. The van der Waals surface area contributed by atoms with Crippen molar-refractivity contribution in [3.05, 3.63) is 35.9 Å². The number of nitrogens with one attached hydrogen (secondary N) is 1. The Hall–Kier alpha value is -2.35. The summed E-state index contributed by atoms with van der Waals surface area (Å²) in [6, 6.07) is 9.35. The molecule has 1 aromatic carbocycles. The second-order valence-corrected chi connectivity index (χ2v) is 6.09. The van der Waals surface area contributed by atoms with E-state index in [-0.39, 0.29) is 17.7 Å². The van der Waals surface area contributed by atoms with Crippen LogP contribution in [0.15, 0.2) is 30.3 Å². The van der Waals surface area contributed by atoms with Crippen LogP contribution < -0.4 is 5.32 Å². The van der Waals surface area contributed by atoms with Crippen molar-refractivity contribution < 1.29 is 9.59 Å². The summed E-state index contributed by atoms with van der Waals surface area (Å²) in [4.78, 5) is 25.2. The van der Waals surface area contributed by atoms with E-state index in [9.17, 15) is 9.59 Å². The first-order valence-electron chi connectivity index (χ1n) is 7.94. The molecule has 0 saturated heterocycles. The lowest BCUT2D eigenvalue weighted by atomic mass is 10.0. The van der Waals surface area contributed by atoms with Gasteiger partial charge in [-0.15, -0.1) is 0 Å². The maximum absolute atomic E-state index is 12.1. The maximum atomic E-state index is 12.1. The van der Waals surface area contributed by atoms with Crippen molar-refractivity contribution in [3.63, 3.8) is 0 Å². The molecule has 1 atom stereocenters. The zero-order valence-corrected chi connectivity index (χ0v) is 14.1. The molecule has 5 heteroatoms. The number of hydrogen-bond donors (Lipinski definition) is 1. The van der Waals surface area contributed by atoms with Crippen LogP contribution in [0.5, 0.6) is 0 Å². The Bertz CT molecular complexity index is 549. The molecule has 2 amide bonds. The van der Waals surface area contributed by atoms with Gasteiger partial charge in [0.05, 0.1) is 0 Å². The van der Waals surface area contributed by atoms with Crippen LogP contribution in [0.2, 0.25) is 0 Å². The van der Waals surface area contributed by atoms with E-state index in [1.807, 2.05) is 44.2 Å². The lowest BCUT2D eigenvalue weighted by Crippen LogP contribution is -2.46. The summed E-state index contributed by atoms with van der Waals surface area (Å²) in [7, 11) is 1.41. The Morgan fingerprint density at radius 3 is 2.48 bits per heavy atom. The van der Waals surface area contributed by atoms with Crippen LogP contribution >= 0.6 is 0 Å². The molecule has 0 aliphatic rings. The fourth-order valence-corrected chi connectivity index (χ4v) is 2.34. The summed E-state index contributed by atoms with van der Waals surface area (Å²) >= 11 is 0. The highest BCUT2D eigenvalue weighted by molar-refractivity contribution is 5.88. The fraction of sp³-hybridized carbons (Fsp3) is 0.500. The zero-order chi connectivity index (χ0) is 17.2. The highest BCUT2D eigenvalue weighted by atomic mass is 16.2. The molecule has 0 heterocycles. The standard InChI is InChI=1S/C18H25N3O2/c1-14(2)12-16(18(23)21(3)13-19)20-17(22)11-7-10-15-8-5-4-6-9-15/h4-6,8-9,14,16H,7,10-12H2,1-3H3,(H,20,22)/t16-/m0/s1. The van der Waals surface area contributed by atoms with Gasteiger partial charge in [0, 0.05) is 13.5 Å². The molecule has 0 radical (unpaired) electrons. The molecule has 1 aromatic rings. The van der Waals surface area contributed by atoms with Crippen LogP contribution in [0, 0.1) is 17.4 Å². The average Bonchev–Trinajstić information content (AvgIpc) is 2.53. The first-order chi connectivity index (χ1) is 10.9. The lowest BCUT2D eigenvalue weighted by molar-refractivity contribution is -0.133. The maximum Gasteiger partial charge on any atom is 0.257 e. The monoisotopic (exact) mass is 315 g/mol. The third-order valence-corrected chi connectivity index (χ3v) is 3.53. The predicted molar refractivity (Wildman–Crippen MR) is 89.1 cm³/mol. The highest BCUT2D eigenvalue weighted by Gasteiger charge is 2.24. The third kappa shape index (κ3) is 6.96. The molecular weight excluding hydrogens is 290 g/mol. The van der Waals surface area contributed by atoms with Crippen LogP contribution in [0.25, 0.3) is 0 Å². The molecule has 1 rings (SSSR count). The summed E-state index contributed by atoms with van der Waals surface area (Å²) < 4.78 is 0. The van der Waals surface area contributed by atoms with Crippen molar-refractivity contribution >= 4 is 11.8 Å². The number of hydrogen-bond acceptors (Lipinski definition) is 3. The van der Waals surface area contributed by atoms with Gasteiger partial charge in [0.1, 0.15) is 6.04 Å². The second kappa shape index (κ2) is 9.62. The van der Waals surface area contributed by atoms with Crippen molar-refractivity contribution in [2.24, 2.45) is 5.92 Å². The van der Waals surface area contributed by atoms with Crippen molar-refractivity contribution in [2.45, 2.75) is 45.6 Å². The largest absolute Gasteiger partial charge is 0.344 e. The molecule has 0 spiro atoms. The second-order valence-electron chi connectivity index (χ2n) is 6.09. The van der Waals surface area contributed by atoms with Gasteiger partial charge in [-0.05, 0) is 30.7 Å². The molecule has 23 heavy (non-hydrogen) atoms. The Balaban J connectivity index is 2.49. The van der Waals surface area contributed by atoms with E-state index >= 15 is 0 Å². The number of rotatable bonds is 8. The van der Waals surface area contributed by atoms with E-state index in [1.165, 1.54) is 12.6 Å². The summed E-state index contributed by atoms with van der Waals surface area (Å²) in [5.74, 6) is -0.260. The van der Waals surface area contributed by atoms with Gasteiger partial charge in [-0.1, -0.05) is 44.2 Å². The SMILES string of the molecule is CC(C)C[C@H](NC(=O)CCCc1ccccc1)C(=O)N(C)C#N. The van der Waals surface area contributed by atoms with Gasteiger partial charge >= 0.3 is 0 Å². The van der Waals surface area contributed by atoms with E-state index in [4.69, 9.17) is 5.26 Å². The minimum Gasteiger partial charge on any atom is -0.344 e. The number of amides is 2. The molecule has 0 aromatic heterocycles. The summed E-state index contributed by atoms with van der Waals surface area (Å²) in [6.07, 6.45) is 4.24. The van der Waals surface area contributed by atoms with Crippen LogP contribution in [0.3, 0.4) is 0 Å². The third-order valence-electron chi connectivity index (χ3n) is 3.53. The Morgan fingerprint density at radius 2 is 1.91 bits per heavy atom. The Kier molecular flexibility index (Phi) is 7.82. The molecule has 0 saturated carbocycles. The molecule has 124 valence electrons. The number of aryl methyl sites for hydroxylation is 1. The number of nitrogens with zero attached hydrogens (tertiary/aromatic N) is 2. The fourth-order valence-electron chi connectivity index (χ4n) is 2.34.